The summed E-state index contributed by atoms with van der Waals surface area (Å²) in [6.07, 6.45) is 5.13. The van der Waals surface area contributed by atoms with Crippen LogP contribution < -0.4 is 11.3 Å². The van der Waals surface area contributed by atoms with Gasteiger partial charge in [-0.15, -0.1) is 11.8 Å². The van der Waals surface area contributed by atoms with E-state index < -0.39 is 0 Å². The van der Waals surface area contributed by atoms with Crippen LogP contribution in [-0.4, -0.2) is 16.4 Å². The van der Waals surface area contributed by atoms with Gasteiger partial charge < -0.3 is 0 Å². The number of carbonyl (C=O) groups excluding carboxylic acids is 1. The highest BCUT2D eigenvalue weighted by Crippen LogP contribution is 2.36. The number of thioether (sulfide) groups is 1. The third kappa shape index (κ3) is 3.98. The van der Waals surface area contributed by atoms with E-state index in [0.29, 0.717) is 11.2 Å². The van der Waals surface area contributed by atoms with Gasteiger partial charge in [0.2, 0.25) is 5.91 Å². The number of nitrogens with one attached hydrogen (secondary N) is 1. The Bertz CT molecular complexity index is 233. The van der Waals surface area contributed by atoms with Gasteiger partial charge >= 0.3 is 0 Å². The minimum absolute atomic E-state index is 0.000278. The van der Waals surface area contributed by atoms with E-state index in [2.05, 4.69) is 26.2 Å². The molecular weight excluding hydrogens is 220 g/mol. The van der Waals surface area contributed by atoms with Gasteiger partial charge in [0.25, 0.3) is 0 Å². The van der Waals surface area contributed by atoms with E-state index in [1.54, 1.807) is 0 Å². The Morgan fingerprint density at radius 1 is 1.44 bits per heavy atom. The van der Waals surface area contributed by atoms with Crippen LogP contribution in [0.5, 0.6) is 0 Å². The van der Waals surface area contributed by atoms with Crippen molar-refractivity contribution in [3.05, 3.63) is 0 Å². The summed E-state index contributed by atoms with van der Waals surface area (Å²) in [6.45, 7) is 6.47. The summed E-state index contributed by atoms with van der Waals surface area (Å²) in [5, 5.41) is 0.633. The van der Waals surface area contributed by atoms with Crippen molar-refractivity contribution in [2.24, 2.45) is 17.7 Å². The normalized spacial score (nSPS) is 27.8. The van der Waals surface area contributed by atoms with Crippen LogP contribution in [0.3, 0.4) is 0 Å². The molecule has 16 heavy (non-hydrogen) atoms. The lowest BCUT2D eigenvalue weighted by Crippen LogP contribution is -2.41. The number of nitrogens with two attached hydrogens (primary N) is 1. The van der Waals surface area contributed by atoms with Crippen molar-refractivity contribution < 1.29 is 4.79 Å². The van der Waals surface area contributed by atoms with Crippen LogP contribution in [0.2, 0.25) is 0 Å². The van der Waals surface area contributed by atoms with Gasteiger partial charge in [0.15, 0.2) is 0 Å². The molecular formula is C12H24N2OS. The predicted molar refractivity (Wildman–Crippen MR) is 70.0 cm³/mol. The van der Waals surface area contributed by atoms with E-state index in [1.165, 1.54) is 25.7 Å². The summed E-state index contributed by atoms with van der Waals surface area (Å²) < 4.78 is 0. The standard InChI is InChI=1S/C12H24N2OS/c1-8(2)11(12(15)14-13)16-10-6-4-5-9(3)7-10/h8-11H,4-7,13H2,1-3H3,(H,14,15). The molecule has 1 aliphatic rings. The fourth-order valence-corrected chi connectivity index (χ4v) is 3.98. The van der Waals surface area contributed by atoms with E-state index in [0.717, 1.165) is 5.92 Å². The fourth-order valence-electron chi connectivity index (χ4n) is 2.31. The molecule has 0 heterocycles. The van der Waals surface area contributed by atoms with E-state index in [4.69, 9.17) is 5.84 Å². The third-order valence-corrected chi connectivity index (χ3v) is 5.10. The van der Waals surface area contributed by atoms with Gasteiger partial charge in [-0.05, 0) is 24.7 Å². The van der Waals surface area contributed by atoms with Crippen molar-refractivity contribution in [1.29, 1.82) is 0 Å². The molecule has 3 atom stereocenters. The summed E-state index contributed by atoms with van der Waals surface area (Å²) in [4.78, 5) is 11.7. The molecule has 1 saturated carbocycles. The maximum Gasteiger partial charge on any atom is 0.247 e. The lowest BCUT2D eigenvalue weighted by atomic mass is 9.90. The van der Waals surface area contributed by atoms with Gasteiger partial charge in [-0.25, -0.2) is 5.84 Å². The van der Waals surface area contributed by atoms with Crippen molar-refractivity contribution in [3.8, 4) is 0 Å². The summed E-state index contributed by atoms with van der Waals surface area (Å²) in [7, 11) is 0. The number of hydrazine groups is 1. The van der Waals surface area contributed by atoms with Gasteiger partial charge in [0, 0.05) is 5.25 Å². The molecule has 1 amide bonds. The maximum atomic E-state index is 11.7. The first-order valence-corrected chi connectivity index (χ1v) is 7.14. The van der Waals surface area contributed by atoms with Crippen LogP contribution >= 0.6 is 11.8 Å². The predicted octanol–water partition coefficient (Wildman–Crippen LogP) is 2.31. The Labute approximate surface area is 103 Å². The van der Waals surface area contributed by atoms with E-state index in [-0.39, 0.29) is 11.2 Å². The first-order chi connectivity index (χ1) is 7.54. The Morgan fingerprint density at radius 3 is 2.62 bits per heavy atom. The monoisotopic (exact) mass is 244 g/mol. The van der Waals surface area contributed by atoms with Crippen LogP contribution in [0.1, 0.15) is 46.5 Å². The molecule has 1 aliphatic carbocycles. The average molecular weight is 244 g/mol. The summed E-state index contributed by atoms with van der Waals surface area (Å²) in [5.74, 6) is 6.35. The highest BCUT2D eigenvalue weighted by Gasteiger charge is 2.28. The second-order valence-corrected chi connectivity index (χ2v) is 6.65. The highest BCUT2D eigenvalue weighted by atomic mass is 32.2. The van der Waals surface area contributed by atoms with Crippen molar-refractivity contribution in [3.63, 3.8) is 0 Å². The minimum Gasteiger partial charge on any atom is -0.293 e. The lowest BCUT2D eigenvalue weighted by Gasteiger charge is -2.30. The van der Waals surface area contributed by atoms with Gasteiger partial charge in [-0.3, -0.25) is 10.2 Å². The van der Waals surface area contributed by atoms with Gasteiger partial charge in [0.05, 0.1) is 5.25 Å². The molecule has 0 bridgehead atoms. The van der Waals surface area contributed by atoms with E-state index in [1.807, 2.05) is 11.8 Å². The summed E-state index contributed by atoms with van der Waals surface area (Å²) in [6, 6.07) is 0. The van der Waals surface area contributed by atoms with Crippen LogP contribution in [0.15, 0.2) is 0 Å². The molecule has 0 aliphatic heterocycles. The number of rotatable bonds is 4. The zero-order chi connectivity index (χ0) is 12.1. The molecule has 1 rings (SSSR count). The van der Waals surface area contributed by atoms with Crippen LogP contribution in [0.25, 0.3) is 0 Å². The summed E-state index contributed by atoms with van der Waals surface area (Å²) >= 11 is 1.82. The van der Waals surface area contributed by atoms with Gasteiger partial charge in [0.1, 0.15) is 0 Å². The van der Waals surface area contributed by atoms with Crippen molar-refractivity contribution in [1.82, 2.24) is 5.43 Å². The van der Waals surface area contributed by atoms with Crippen LogP contribution in [0, 0.1) is 11.8 Å². The molecule has 3 unspecified atom stereocenters. The maximum absolute atomic E-state index is 11.7. The zero-order valence-electron chi connectivity index (χ0n) is 10.5. The Morgan fingerprint density at radius 2 is 2.12 bits per heavy atom. The molecule has 0 spiro atoms. The molecule has 0 aromatic rings. The largest absolute Gasteiger partial charge is 0.293 e. The first kappa shape index (κ1) is 13.8. The Kier molecular flexibility index (Phi) is 5.62. The second kappa shape index (κ2) is 6.50. The zero-order valence-corrected chi connectivity index (χ0v) is 11.3. The fraction of sp³-hybridized carbons (Fsp3) is 0.917. The number of carbonyl (C=O) groups is 1. The lowest BCUT2D eigenvalue weighted by molar-refractivity contribution is -0.121. The van der Waals surface area contributed by atoms with Gasteiger partial charge in [-0.1, -0.05) is 33.6 Å². The van der Waals surface area contributed by atoms with Crippen LogP contribution in [-0.2, 0) is 4.79 Å². The molecule has 3 nitrogen and oxygen atoms in total. The Balaban J connectivity index is 2.50. The molecule has 0 saturated heterocycles. The van der Waals surface area contributed by atoms with E-state index >= 15 is 0 Å². The number of amides is 1. The van der Waals surface area contributed by atoms with Crippen LogP contribution in [0.4, 0.5) is 0 Å². The molecule has 0 radical (unpaired) electrons. The SMILES string of the molecule is CC1CCCC(SC(C(=O)NN)C(C)C)C1. The quantitative estimate of drug-likeness (QED) is 0.453. The van der Waals surface area contributed by atoms with Crippen molar-refractivity contribution in [2.75, 3.05) is 0 Å². The third-order valence-electron chi connectivity index (χ3n) is 3.23. The first-order valence-electron chi connectivity index (χ1n) is 6.20. The smallest absolute Gasteiger partial charge is 0.247 e. The molecule has 4 heteroatoms. The number of hydrogen-bond donors (Lipinski definition) is 2. The Hall–Kier alpha value is -0.220. The second-order valence-electron chi connectivity index (χ2n) is 5.20. The van der Waals surface area contributed by atoms with Crippen molar-refractivity contribution >= 4 is 17.7 Å². The topological polar surface area (TPSA) is 55.1 Å². The molecule has 0 aromatic carbocycles. The highest BCUT2D eigenvalue weighted by molar-refractivity contribution is 8.01. The van der Waals surface area contributed by atoms with Gasteiger partial charge in [-0.2, -0.15) is 0 Å². The summed E-state index contributed by atoms with van der Waals surface area (Å²) in [5.41, 5.74) is 2.29. The molecule has 3 N–H and O–H groups in total. The van der Waals surface area contributed by atoms with Crippen molar-refractivity contribution in [2.45, 2.75) is 57.0 Å². The minimum atomic E-state index is -0.0294. The molecule has 94 valence electrons. The molecule has 0 aromatic heterocycles. The number of hydrogen-bond acceptors (Lipinski definition) is 3. The molecule has 1 fully saturated rings. The van der Waals surface area contributed by atoms with E-state index in [9.17, 15) is 4.79 Å². The average Bonchev–Trinajstić information content (AvgIpc) is 2.24.